The summed E-state index contributed by atoms with van der Waals surface area (Å²) >= 11 is 1.53. The fraction of sp³-hybridized carbons (Fsp3) is 0.455. The van der Waals surface area contributed by atoms with Gasteiger partial charge in [0.2, 0.25) is 0 Å². The number of dihydropyridines is 1. The van der Waals surface area contributed by atoms with Crippen molar-refractivity contribution in [1.82, 2.24) is 14.8 Å². The van der Waals surface area contributed by atoms with E-state index in [0.29, 0.717) is 0 Å². The van der Waals surface area contributed by atoms with Gasteiger partial charge in [0.15, 0.2) is 5.13 Å². The van der Waals surface area contributed by atoms with Crippen molar-refractivity contribution < 1.29 is 4.39 Å². The third-order valence-electron chi connectivity index (χ3n) is 6.01. The first-order valence-corrected chi connectivity index (χ1v) is 11.2. The predicted molar refractivity (Wildman–Crippen MR) is 118 cm³/mol. The van der Waals surface area contributed by atoms with Crippen LogP contribution in [-0.4, -0.2) is 59.4 Å². The lowest BCUT2D eigenvalue weighted by molar-refractivity contribution is 0.0950. The topological polar surface area (TPSA) is 43.8 Å². The monoisotopic (exact) mass is 411 g/mol. The van der Waals surface area contributed by atoms with Gasteiger partial charge in [0.25, 0.3) is 0 Å². The lowest BCUT2D eigenvalue weighted by atomic mass is 10.1. The first-order chi connectivity index (χ1) is 14.2. The van der Waals surface area contributed by atoms with E-state index in [1.807, 2.05) is 18.5 Å². The zero-order valence-corrected chi connectivity index (χ0v) is 17.5. The van der Waals surface area contributed by atoms with Crippen LogP contribution in [0.15, 0.2) is 34.6 Å². The minimum Gasteiger partial charge on any atom is -0.331 e. The highest BCUT2D eigenvalue weighted by Crippen LogP contribution is 2.30. The maximum Gasteiger partial charge on any atom is 0.187 e. The van der Waals surface area contributed by atoms with E-state index in [9.17, 15) is 4.39 Å². The molecule has 3 aliphatic rings. The Morgan fingerprint density at radius 1 is 1.14 bits per heavy atom. The number of aryl methyl sites for hydroxylation is 1. The Labute approximate surface area is 175 Å². The molecule has 2 aliphatic heterocycles. The molecular formula is C22H26FN5S. The van der Waals surface area contributed by atoms with E-state index in [0.717, 1.165) is 53.2 Å². The quantitative estimate of drug-likeness (QED) is 0.797. The molecule has 1 unspecified atom stereocenters. The molecule has 5 nitrogen and oxygen atoms in total. The van der Waals surface area contributed by atoms with Crippen molar-refractivity contribution in [3.63, 3.8) is 0 Å². The van der Waals surface area contributed by atoms with Crippen LogP contribution in [-0.2, 0) is 0 Å². The first-order valence-electron chi connectivity index (χ1n) is 10.4. The van der Waals surface area contributed by atoms with Crippen LogP contribution in [0.5, 0.6) is 0 Å². The lowest BCUT2D eigenvalue weighted by Crippen LogP contribution is -2.50. The maximum atomic E-state index is 13.5. The van der Waals surface area contributed by atoms with Gasteiger partial charge in [-0.05, 0) is 37.5 Å². The zero-order chi connectivity index (χ0) is 19.8. The fourth-order valence-corrected chi connectivity index (χ4v) is 4.81. The molecule has 2 aromatic rings. The molecule has 0 spiro atoms. The minimum absolute atomic E-state index is 0.249. The molecule has 7 heteroatoms. The summed E-state index contributed by atoms with van der Waals surface area (Å²) < 4.78 is 13.5. The Morgan fingerprint density at radius 2 is 1.93 bits per heavy atom. The second-order valence-corrected chi connectivity index (χ2v) is 8.94. The second-order valence-electron chi connectivity index (χ2n) is 8.08. The Balaban J connectivity index is 1.19. The van der Waals surface area contributed by atoms with Crippen molar-refractivity contribution in [2.75, 3.05) is 31.5 Å². The summed E-state index contributed by atoms with van der Waals surface area (Å²) in [5.41, 5.74) is 3.74. The van der Waals surface area contributed by atoms with E-state index in [-0.39, 0.29) is 12.0 Å². The highest BCUT2D eigenvalue weighted by atomic mass is 32.1. The Morgan fingerprint density at radius 3 is 2.66 bits per heavy atom. The van der Waals surface area contributed by atoms with Crippen LogP contribution in [0.3, 0.4) is 0 Å². The van der Waals surface area contributed by atoms with Crippen molar-refractivity contribution in [1.29, 1.82) is 0 Å². The van der Waals surface area contributed by atoms with Gasteiger partial charge < -0.3 is 5.32 Å². The number of allylic oxidation sites excluding steroid dienone is 1. The summed E-state index contributed by atoms with van der Waals surface area (Å²) in [5.74, 6) is -0.249. The molecule has 1 saturated heterocycles. The fourth-order valence-electron chi connectivity index (χ4n) is 4.07. The molecule has 1 aromatic heterocycles. The van der Waals surface area contributed by atoms with Gasteiger partial charge in [-0.1, -0.05) is 12.1 Å². The van der Waals surface area contributed by atoms with Crippen LogP contribution in [0.2, 0.25) is 0 Å². The molecule has 1 aromatic carbocycles. The van der Waals surface area contributed by atoms with E-state index in [1.165, 1.54) is 49.4 Å². The molecule has 0 radical (unpaired) electrons. The molecule has 5 rings (SSSR count). The number of piperazine rings is 1. The Bertz CT molecular complexity index is 940. The zero-order valence-electron chi connectivity index (χ0n) is 16.6. The molecule has 0 amide bonds. The first kappa shape index (κ1) is 18.9. The van der Waals surface area contributed by atoms with Crippen LogP contribution >= 0.6 is 11.3 Å². The number of aliphatic imine (C=N–C) groups is 1. The number of anilines is 2. The van der Waals surface area contributed by atoms with Crippen molar-refractivity contribution >= 4 is 33.9 Å². The summed E-state index contributed by atoms with van der Waals surface area (Å²) in [6.45, 7) is 6.53. The summed E-state index contributed by atoms with van der Waals surface area (Å²) in [7, 11) is 0. The molecule has 1 aliphatic carbocycles. The number of rotatable bonds is 5. The Hall–Kier alpha value is -2.09. The highest BCUT2D eigenvalue weighted by molar-refractivity contribution is 7.13. The number of aromatic nitrogens is 1. The van der Waals surface area contributed by atoms with E-state index in [2.05, 4.69) is 26.2 Å². The molecule has 29 heavy (non-hydrogen) atoms. The minimum atomic E-state index is -0.249. The number of nitrogens with zero attached hydrogens (tertiary/aromatic N) is 4. The molecule has 3 heterocycles. The van der Waals surface area contributed by atoms with Crippen molar-refractivity contribution in [3.05, 3.63) is 46.7 Å². The van der Waals surface area contributed by atoms with Gasteiger partial charge in [-0.15, -0.1) is 11.3 Å². The van der Waals surface area contributed by atoms with Crippen molar-refractivity contribution in [2.24, 2.45) is 4.99 Å². The summed E-state index contributed by atoms with van der Waals surface area (Å²) in [6.07, 6.45) is 8.17. The molecule has 1 N–H and O–H groups in total. The summed E-state index contributed by atoms with van der Waals surface area (Å²) in [4.78, 5) is 14.6. The van der Waals surface area contributed by atoms with E-state index >= 15 is 0 Å². The standard InChI is InChI=1S/C22H26FN5S/c1-15-2-4-17(23)12-19(15)25-22-26-20(14-29-22)16-3-7-21(24-13-16)28-10-8-27(9-11-28)18-5-6-18/h2-4,12-14,18,21H,5-11H2,1H3,(H,25,26). The van der Waals surface area contributed by atoms with Crippen LogP contribution < -0.4 is 5.32 Å². The van der Waals surface area contributed by atoms with Gasteiger partial charge in [0, 0.05) is 61.5 Å². The molecule has 1 saturated carbocycles. The summed E-state index contributed by atoms with van der Waals surface area (Å²) in [6, 6.07) is 5.61. The van der Waals surface area contributed by atoms with E-state index in [1.54, 1.807) is 6.07 Å². The van der Waals surface area contributed by atoms with Gasteiger partial charge in [-0.25, -0.2) is 9.37 Å². The lowest BCUT2D eigenvalue weighted by Gasteiger charge is -2.38. The second kappa shape index (κ2) is 7.97. The number of nitrogens with one attached hydrogen (secondary N) is 1. The third-order valence-corrected chi connectivity index (χ3v) is 6.77. The molecule has 152 valence electrons. The molecule has 0 bridgehead atoms. The largest absolute Gasteiger partial charge is 0.331 e. The van der Waals surface area contributed by atoms with E-state index < -0.39 is 0 Å². The Kier molecular flexibility index (Phi) is 5.20. The summed E-state index contributed by atoms with van der Waals surface area (Å²) in [5, 5.41) is 6.03. The highest BCUT2D eigenvalue weighted by Gasteiger charge is 2.32. The SMILES string of the molecule is Cc1ccc(F)cc1Nc1nc(C2=CCC(N3CCN(C4CC4)CC3)N=C2)cs1. The number of hydrogen-bond acceptors (Lipinski definition) is 6. The number of hydrogen-bond donors (Lipinski definition) is 1. The van der Waals surface area contributed by atoms with Gasteiger partial charge >= 0.3 is 0 Å². The third kappa shape index (κ3) is 4.27. The van der Waals surface area contributed by atoms with Crippen LogP contribution in [0.4, 0.5) is 15.2 Å². The normalized spacial score (nSPS) is 23.2. The van der Waals surface area contributed by atoms with Crippen LogP contribution in [0, 0.1) is 12.7 Å². The number of benzene rings is 1. The van der Waals surface area contributed by atoms with Crippen LogP contribution in [0.1, 0.15) is 30.5 Å². The van der Waals surface area contributed by atoms with Crippen LogP contribution in [0.25, 0.3) is 5.57 Å². The maximum absolute atomic E-state index is 13.5. The van der Waals surface area contributed by atoms with Gasteiger partial charge in [-0.2, -0.15) is 0 Å². The van der Waals surface area contributed by atoms with Crippen molar-refractivity contribution in [3.8, 4) is 0 Å². The van der Waals surface area contributed by atoms with Gasteiger partial charge in [0.05, 0.1) is 5.69 Å². The number of thiazole rings is 1. The van der Waals surface area contributed by atoms with Crippen molar-refractivity contribution in [2.45, 2.75) is 38.4 Å². The average Bonchev–Trinajstić information content (AvgIpc) is 3.50. The number of halogens is 1. The predicted octanol–water partition coefficient (Wildman–Crippen LogP) is 4.30. The van der Waals surface area contributed by atoms with Gasteiger partial charge in [-0.3, -0.25) is 14.8 Å². The smallest absolute Gasteiger partial charge is 0.187 e. The van der Waals surface area contributed by atoms with E-state index in [4.69, 9.17) is 4.99 Å². The average molecular weight is 412 g/mol. The molecule has 1 atom stereocenters. The van der Waals surface area contributed by atoms with Gasteiger partial charge in [0.1, 0.15) is 12.0 Å². The molecular weight excluding hydrogens is 385 g/mol. The molecule has 2 fully saturated rings.